The summed E-state index contributed by atoms with van der Waals surface area (Å²) in [7, 11) is 0. The summed E-state index contributed by atoms with van der Waals surface area (Å²) in [5, 5.41) is 0. The molecule has 0 spiro atoms. The van der Waals surface area contributed by atoms with Gasteiger partial charge in [-0.3, -0.25) is 0 Å². The molecule has 0 aliphatic rings. The minimum Gasteiger partial charge on any atom is -0.386 e. The quantitative estimate of drug-likeness (QED) is 0.576. The third-order valence-corrected chi connectivity index (χ3v) is 0.786. The highest BCUT2D eigenvalue weighted by molar-refractivity contribution is 5.20. The van der Waals surface area contributed by atoms with Crippen molar-refractivity contribution in [3.05, 3.63) is 23.5 Å². The van der Waals surface area contributed by atoms with Crippen molar-refractivity contribution < 1.29 is 13.2 Å². The molecular formula is C6H9F3N2. The SMILES string of the molecule is C/C(C=C(N)N)=C\C(F)(F)F. The molecule has 0 aliphatic heterocycles. The molecule has 0 heterocycles. The predicted octanol–water partition coefficient (Wildman–Crippen LogP) is 1.25. The first-order chi connectivity index (χ1) is 4.81. The van der Waals surface area contributed by atoms with Gasteiger partial charge in [-0.1, -0.05) is 0 Å². The highest BCUT2D eigenvalue weighted by atomic mass is 19.4. The van der Waals surface area contributed by atoms with Gasteiger partial charge >= 0.3 is 6.18 Å². The second kappa shape index (κ2) is 3.32. The average Bonchev–Trinajstić information content (AvgIpc) is 1.53. The zero-order valence-electron chi connectivity index (χ0n) is 5.94. The highest BCUT2D eigenvalue weighted by Crippen LogP contribution is 2.18. The number of alkyl halides is 3. The van der Waals surface area contributed by atoms with E-state index >= 15 is 0 Å². The first-order valence-electron chi connectivity index (χ1n) is 2.80. The molecule has 4 N–H and O–H groups in total. The average molecular weight is 166 g/mol. The number of hydrogen-bond donors (Lipinski definition) is 2. The van der Waals surface area contributed by atoms with Crippen molar-refractivity contribution in [3.8, 4) is 0 Å². The van der Waals surface area contributed by atoms with Crippen LogP contribution in [-0.4, -0.2) is 6.18 Å². The Hall–Kier alpha value is -1.13. The molecule has 0 amide bonds. The van der Waals surface area contributed by atoms with E-state index < -0.39 is 6.18 Å². The van der Waals surface area contributed by atoms with Crippen molar-refractivity contribution in [1.29, 1.82) is 0 Å². The van der Waals surface area contributed by atoms with Gasteiger partial charge in [-0.05, 0) is 18.6 Å². The summed E-state index contributed by atoms with van der Waals surface area (Å²) in [6.45, 7) is 1.27. The fraction of sp³-hybridized carbons (Fsp3) is 0.333. The van der Waals surface area contributed by atoms with Crippen molar-refractivity contribution in [2.75, 3.05) is 0 Å². The van der Waals surface area contributed by atoms with Crippen LogP contribution in [0.15, 0.2) is 23.5 Å². The molecule has 0 aromatic heterocycles. The molecule has 0 aromatic rings. The van der Waals surface area contributed by atoms with Crippen molar-refractivity contribution in [3.63, 3.8) is 0 Å². The van der Waals surface area contributed by atoms with E-state index in [1.807, 2.05) is 0 Å². The molecular weight excluding hydrogens is 157 g/mol. The van der Waals surface area contributed by atoms with Crippen molar-refractivity contribution >= 4 is 0 Å². The molecule has 0 saturated carbocycles. The summed E-state index contributed by atoms with van der Waals surface area (Å²) < 4.78 is 34.7. The Labute approximate surface area is 62.4 Å². The molecule has 0 bridgehead atoms. The maximum atomic E-state index is 11.6. The summed E-state index contributed by atoms with van der Waals surface area (Å²) >= 11 is 0. The number of rotatable bonds is 1. The fourth-order valence-electron chi connectivity index (χ4n) is 0.563. The number of hydrogen-bond acceptors (Lipinski definition) is 2. The van der Waals surface area contributed by atoms with E-state index in [9.17, 15) is 13.2 Å². The summed E-state index contributed by atoms with van der Waals surface area (Å²) in [6.07, 6.45) is -3.13. The van der Waals surface area contributed by atoms with Gasteiger partial charge in [-0.15, -0.1) is 0 Å². The van der Waals surface area contributed by atoms with E-state index in [-0.39, 0.29) is 17.5 Å². The maximum Gasteiger partial charge on any atom is 0.410 e. The normalized spacial score (nSPS) is 12.9. The first kappa shape index (κ1) is 9.87. The molecule has 0 aromatic carbocycles. The lowest BCUT2D eigenvalue weighted by Gasteiger charge is -1.99. The summed E-state index contributed by atoms with van der Waals surface area (Å²) in [5.74, 6) is -0.136. The van der Waals surface area contributed by atoms with Crippen molar-refractivity contribution in [1.82, 2.24) is 0 Å². The van der Waals surface area contributed by atoms with Crippen LogP contribution in [0.4, 0.5) is 13.2 Å². The number of allylic oxidation sites excluding steroid dienone is 3. The zero-order valence-corrected chi connectivity index (χ0v) is 5.94. The lowest BCUT2D eigenvalue weighted by atomic mass is 10.2. The van der Waals surface area contributed by atoms with Crippen LogP contribution in [0, 0.1) is 0 Å². The van der Waals surface area contributed by atoms with E-state index in [2.05, 4.69) is 0 Å². The van der Waals surface area contributed by atoms with Crippen LogP contribution in [0.25, 0.3) is 0 Å². The van der Waals surface area contributed by atoms with Crippen LogP contribution in [0.5, 0.6) is 0 Å². The van der Waals surface area contributed by atoms with Crippen molar-refractivity contribution in [2.45, 2.75) is 13.1 Å². The smallest absolute Gasteiger partial charge is 0.386 e. The van der Waals surface area contributed by atoms with Crippen molar-refractivity contribution in [2.24, 2.45) is 11.5 Å². The van der Waals surface area contributed by atoms with E-state index in [4.69, 9.17) is 11.5 Å². The third-order valence-electron chi connectivity index (χ3n) is 0.786. The first-order valence-corrected chi connectivity index (χ1v) is 2.80. The van der Waals surface area contributed by atoms with E-state index in [1.165, 1.54) is 6.92 Å². The van der Waals surface area contributed by atoms with Crippen LogP contribution in [0.3, 0.4) is 0 Å². The lowest BCUT2D eigenvalue weighted by molar-refractivity contribution is -0.0803. The Morgan fingerprint density at radius 3 is 2.00 bits per heavy atom. The Morgan fingerprint density at radius 2 is 1.73 bits per heavy atom. The number of nitrogens with two attached hydrogens (primary N) is 2. The topological polar surface area (TPSA) is 52.0 Å². The van der Waals surface area contributed by atoms with Gasteiger partial charge in [0.1, 0.15) is 0 Å². The third kappa shape index (κ3) is 6.76. The van der Waals surface area contributed by atoms with Gasteiger partial charge in [0.05, 0.1) is 5.82 Å². The molecule has 0 unspecified atom stereocenters. The molecule has 2 nitrogen and oxygen atoms in total. The van der Waals surface area contributed by atoms with Crippen LogP contribution in [0.1, 0.15) is 6.92 Å². The van der Waals surface area contributed by atoms with Gasteiger partial charge < -0.3 is 11.5 Å². The molecule has 0 saturated heterocycles. The highest BCUT2D eigenvalue weighted by Gasteiger charge is 2.22. The molecule has 64 valence electrons. The molecule has 11 heavy (non-hydrogen) atoms. The van der Waals surface area contributed by atoms with Crippen LogP contribution in [0.2, 0.25) is 0 Å². The minimum absolute atomic E-state index is 0.0162. The zero-order chi connectivity index (χ0) is 9.07. The van der Waals surface area contributed by atoms with Gasteiger partial charge in [0.15, 0.2) is 0 Å². The standard InChI is InChI=1S/C6H9F3N2/c1-4(2-5(10)11)3-6(7,8)9/h2-3H,10-11H2,1H3/b4-3+. The summed E-state index contributed by atoms with van der Waals surface area (Å²) in [6, 6.07) is 0. The second-order valence-corrected chi connectivity index (χ2v) is 2.07. The number of halogens is 3. The van der Waals surface area contributed by atoms with E-state index in [1.54, 1.807) is 0 Å². The van der Waals surface area contributed by atoms with Gasteiger partial charge in [-0.2, -0.15) is 13.2 Å². The molecule has 0 atom stereocenters. The Balaban J connectivity index is 4.36. The summed E-state index contributed by atoms with van der Waals surface area (Å²) in [5.41, 5.74) is 9.87. The van der Waals surface area contributed by atoms with Gasteiger partial charge in [-0.25, -0.2) is 0 Å². The van der Waals surface area contributed by atoms with E-state index in [0.29, 0.717) is 0 Å². The summed E-state index contributed by atoms with van der Waals surface area (Å²) in [4.78, 5) is 0. The predicted molar refractivity (Wildman–Crippen MR) is 36.3 cm³/mol. The fourth-order valence-corrected chi connectivity index (χ4v) is 0.563. The second-order valence-electron chi connectivity index (χ2n) is 2.07. The van der Waals surface area contributed by atoms with E-state index in [0.717, 1.165) is 6.08 Å². The van der Waals surface area contributed by atoms with Gasteiger partial charge in [0.2, 0.25) is 0 Å². The minimum atomic E-state index is -4.31. The molecule has 5 heteroatoms. The van der Waals surface area contributed by atoms with Crippen LogP contribution < -0.4 is 11.5 Å². The lowest BCUT2D eigenvalue weighted by Crippen LogP contribution is -2.08. The van der Waals surface area contributed by atoms with Crippen LogP contribution in [-0.2, 0) is 0 Å². The van der Waals surface area contributed by atoms with Gasteiger partial charge in [0, 0.05) is 6.08 Å². The molecule has 0 radical (unpaired) electrons. The Bertz CT molecular complexity index is 186. The molecule has 0 rings (SSSR count). The maximum absolute atomic E-state index is 11.6. The van der Waals surface area contributed by atoms with Gasteiger partial charge in [0.25, 0.3) is 0 Å². The Kier molecular flexibility index (Phi) is 2.98. The molecule has 0 fully saturated rings. The molecule has 0 aliphatic carbocycles. The largest absolute Gasteiger partial charge is 0.410 e. The monoisotopic (exact) mass is 166 g/mol. The Morgan fingerprint density at radius 1 is 1.27 bits per heavy atom. The van der Waals surface area contributed by atoms with Crippen LogP contribution >= 0.6 is 0 Å².